The molecule has 170 valence electrons. The summed E-state index contributed by atoms with van der Waals surface area (Å²) in [6.07, 6.45) is 4.10. The number of carbonyl (C=O) groups is 3. The molecule has 2 fully saturated rings. The van der Waals surface area contributed by atoms with Gasteiger partial charge in [-0.1, -0.05) is 12.1 Å². The Morgan fingerprint density at radius 1 is 1.00 bits per heavy atom. The van der Waals surface area contributed by atoms with Gasteiger partial charge in [-0.2, -0.15) is 0 Å². The zero-order valence-electron chi connectivity index (χ0n) is 17.9. The Bertz CT molecular complexity index is 1130. The monoisotopic (exact) mass is 465 g/mol. The van der Waals surface area contributed by atoms with Gasteiger partial charge in [-0.3, -0.25) is 19.3 Å². The Morgan fingerprint density at radius 2 is 1.73 bits per heavy atom. The van der Waals surface area contributed by atoms with Gasteiger partial charge < -0.3 is 19.7 Å². The molecular weight excluding hydrogens is 442 g/mol. The molecule has 0 bridgehead atoms. The van der Waals surface area contributed by atoms with E-state index in [1.807, 2.05) is 24.3 Å². The van der Waals surface area contributed by atoms with Crippen molar-refractivity contribution >= 4 is 46.3 Å². The zero-order chi connectivity index (χ0) is 22.8. The predicted molar refractivity (Wildman–Crippen MR) is 127 cm³/mol. The van der Waals surface area contributed by atoms with Crippen LogP contribution in [0, 0.1) is 0 Å². The first-order valence-corrected chi connectivity index (χ1v) is 11.7. The highest BCUT2D eigenvalue weighted by Gasteiger charge is 2.36. The fourth-order valence-corrected chi connectivity index (χ4v) is 4.85. The third kappa shape index (κ3) is 4.68. The molecule has 0 spiro atoms. The molecule has 3 heterocycles. The normalized spacial score (nSPS) is 18.8. The second-order valence-corrected chi connectivity index (χ2v) is 8.95. The number of nitrogens with zero attached hydrogens (tertiary/aromatic N) is 2. The smallest absolute Gasteiger partial charge is 0.294 e. The van der Waals surface area contributed by atoms with Crippen molar-refractivity contribution in [3.63, 3.8) is 0 Å². The fraction of sp³-hybridized carbons (Fsp3) is 0.292. The van der Waals surface area contributed by atoms with Gasteiger partial charge in [-0.25, -0.2) is 0 Å². The van der Waals surface area contributed by atoms with E-state index in [1.54, 1.807) is 24.3 Å². The second kappa shape index (κ2) is 9.19. The van der Waals surface area contributed by atoms with Crippen LogP contribution in [0.15, 0.2) is 47.4 Å². The summed E-state index contributed by atoms with van der Waals surface area (Å²) in [5.41, 5.74) is 2.50. The SMILES string of the molecule is O=C(CN1C(=O)S/C(=C/c2ccc(N3CCCC3)cc2)C1=O)Nc1ccc2c(c1)OCCO2. The van der Waals surface area contributed by atoms with Crippen LogP contribution in [0.1, 0.15) is 18.4 Å². The highest BCUT2D eigenvalue weighted by molar-refractivity contribution is 8.18. The van der Waals surface area contributed by atoms with E-state index in [4.69, 9.17) is 9.47 Å². The molecule has 9 heteroatoms. The lowest BCUT2D eigenvalue weighted by molar-refractivity contribution is -0.127. The summed E-state index contributed by atoms with van der Waals surface area (Å²) in [6.45, 7) is 2.69. The maximum atomic E-state index is 12.8. The molecule has 3 amide bonds. The molecule has 0 radical (unpaired) electrons. The Morgan fingerprint density at radius 3 is 2.48 bits per heavy atom. The van der Waals surface area contributed by atoms with Gasteiger partial charge in [0.2, 0.25) is 5.91 Å². The van der Waals surface area contributed by atoms with Crippen LogP contribution in [0.3, 0.4) is 0 Å². The molecule has 0 aromatic heterocycles. The number of nitrogens with one attached hydrogen (secondary N) is 1. The first kappa shape index (κ1) is 21.4. The molecule has 2 aromatic rings. The van der Waals surface area contributed by atoms with E-state index < -0.39 is 17.1 Å². The van der Waals surface area contributed by atoms with Crippen molar-refractivity contribution < 1.29 is 23.9 Å². The average molecular weight is 466 g/mol. The van der Waals surface area contributed by atoms with Crippen molar-refractivity contribution in [1.82, 2.24) is 4.90 Å². The molecule has 5 rings (SSSR count). The largest absolute Gasteiger partial charge is 0.486 e. The van der Waals surface area contributed by atoms with E-state index in [2.05, 4.69) is 10.2 Å². The number of ether oxygens (including phenoxy) is 2. The predicted octanol–water partition coefficient (Wildman–Crippen LogP) is 3.73. The van der Waals surface area contributed by atoms with Crippen LogP contribution in [0.25, 0.3) is 6.08 Å². The van der Waals surface area contributed by atoms with Crippen LogP contribution in [0.5, 0.6) is 11.5 Å². The summed E-state index contributed by atoms with van der Waals surface area (Å²) in [5.74, 6) is 0.226. The van der Waals surface area contributed by atoms with Crippen molar-refractivity contribution in [2.75, 3.05) is 43.1 Å². The molecular formula is C24H23N3O5S. The van der Waals surface area contributed by atoms with Crippen LogP contribution < -0.4 is 19.7 Å². The number of benzene rings is 2. The highest BCUT2D eigenvalue weighted by Crippen LogP contribution is 2.34. The average Bonchev–Trinajstić information content (AvgIpc) is 3.45. The molecule has 33 heavy (non-hydrogen) atoms. The Balaban J connectivity index is 1.22. The van der Waals surface area contributed by atoms with Gasteiger partial charge in [-0.15, -0.1) is 0 Å². The van der Waals surface area contributed by atoms with E-state index >= 15 is 0 Å². The Kier molecular flexibility index (Phi) is 5.95. The van der Waals surface area contributed by atoms with E-state index in [9.17, 15) is 14.4 Å². The van der Waals surface area contributed by atoms with E-state index in [0.717, 1.165) is 41.0 Å². The lowest BCUT2D eigenvalue weighted by Crippen LogP contribution is -2.36. The number of carbonyl (C=O) groups excluding carboxylic acids is 3. The summed E-state index contributed by atoms with van der Waals surface area (Å²) in [5, 5.41) is 2.24. The zero-order valence-corrected chi connectivity index (χ0v) is 18.7. The second-order valence-electron chi connectivity index (χ2n) is 7.96. The van der Waals surface area contributed by atoms with Gasteiger partial charge >= 0.3 is 0 Å². The van der Waals surface area contributed by atoms with Gasteiger partial charge in [0.15, 0.2) is 11.5 Å². The summed E-state index contributed by atoms with van der Waals surface area (Å²) in [7, 11) is 0. The van der Waals surface area contributed by atoms with Crippen LogP contribution in [-0.2, 0) is 9.59 Å². The molecule has 0 atom stereocenters. The molecule has 1 N–H and O–H groups in total. The van der Waals surface area contributed by atoms with Crippen molar-refractivity contribution in [3.05, 3.63) is 52.9 Å². The van der Waals surface area contributed by atoms with Gasteiger partial charge in [0, 0.05) is 30.5 Å². The molecule has 2 saturated heterocycles. The molecule has 8 nitrogen and oxygen atoms in total. The van der Waals surface area contributed by atoms with E-state index in [0.29, 0.717) is 35.3 Å². The lowest BCUT2D eigenvalue weighted by Gasteiger charge is -2.19. The van der Waals surface area contributed by atoms with Crippen LogP contribution in [0.4, 0.5) is 16.2 Å². The molecule has 3 aliphatic heterocycles. The van der Waals surface area contributed by atoms with Gasteiger partial charge in [-0.05, 0) is 60.5 Å². The summed E-state index contributed by atoms with van der Waals surface area (Å²) >= 11 is 0.845. The standard InChI is InChI=1S/C24H23N3O5S/c28-22(25-17-5-8-19-20(14-17)32-12-11-31-19)15-27-23(29)21(33-24(27)30)13-16-3-6-18(7-4-16)26-9-1-2-10-26/h3-8,13-14H,1-2,9-12,15H2,(H,25,28)/b21-13+. The fourth-order valence-electron chi connectivity index (χ4n) is 4.01. The van der Waals surface area contributed by atoms with Crippen molar-refractivity contribution in [3.8, 4) is 11.5 Å². The number of thioether (sulfide) groups is 1. The van der Waals surface area contributed by atoms with Crippen molar-refractivity contribution in [2.45, 2.75) is 12.8 Å². The topological polar surface area (TPSA) is 88.2 Å². The maximum Gasteiger partial charge on any atom is 0.294 e. The van der Waals surface area contributed by atoms with Crippen molar-refractivity contribution in [1.29, 1.82) is 0 Å². The van der Waals surface area contributed by atoms with Crippen LogP contribution in [0.2, 0.25) is 0 Å². The third-order valence-corrected chi connectivity index (χ3v) is 6.57. The minimum atomic E-state index is -0.467. The Hall–Kier alpha value is -3.46. The number of anilines is 2. The van der Waals surface area contributed by atoms with E-state index in [-0.39, 0.29) is 6.54 Å². The summed E-state index contributed by atoms with van der Waals surface area (Å²) < 4.78 is 11.0. The molecule has 2 aromatic carbocycles. The van der Waals surface area contributed by atoms with Crippen molar-refractivity contribution in [2.24, 2.45) is 0 Å². The molecule has 3 aliphatic rings. The first-order valence-electron chi connectivity index (χ1n) is 10.9. The summed E-state index contributed by atoms with van der Waals surface area (Å²) in [6, 6.07) is 13.0. The quantitative estimate of drug-likeness (QED) is 0.673. The molecule has 0 aliphatic carbocycles. The highest BCUT2D eigenvalue weighted by atomic mass is 32.2. The van der Waals surface area contributed by atoms with Crippen LogP contribution in [-0.4, -0.2) is 54.8 Å². The van der Waals surface area contributed by atoms with E-state index in [1.165, 1.54) is 12.8 Å². The number of amides is 3. The van der Waals surface area contributed by atoms with Gasteiger partial charge in [0.1, 0.15) is 19.8 Å². The molecule has 0 unspecified atom stereocenters. The maximum absolute atomic E-state index is 12.8. The number of hydrogen-bond acceptors (Lipinski definition) is 7. The Labute approximate surface area is 195 Å². The minimum Gasteiger partial charge on any atom is -0.486 e. The molecule has 0 saturated carbocycles. The minimum absolute atomic E-state index is 0.307. The lowest BCUT2D eigenvalue weighted by atomic mass is 10.2. The first-order chi connectivity index (χ1) is 16.1. The third-order valence-electron chi connectivity index (χ3n) is 5.66. The summed E-state index contributed by atoms with van der Waals surface area (Å²) in [4.78, 5) is 41.3. The van der Waals surface area contributed by atoms with Gasteiger partial charge in [0.25, 0.3) is 11.1 Å². The number of fused-ring (bicyclic) bond motifs is 1. The number of imide groups is 1. The van der Waals surface area contributed by atoms with Gasteiger partial charge in [0.05, 0.1) is 4.91 Å². The van der Waals surface area contributed by atoms with Crippen LogP contribution >= 0.6 is 11.8 Å². The number of hydrogen-bond donors (Lipinski definition) is 1. The number of rotatable bonds is 5.